The third kappa shape index (κ3) is 8.36. The Morgan fingerprint density at radius 2 is 1.90 bits per heavy atom. The monoisotopic (exact) mass is 536 g/mol. The molecule has 0 bridgehead atoms. The molecule has 0 aliphatic carbocycles. The van der Waals surface area contributed by atoms with E-state index in [1.807, 2.05) is 42.5 Å². The van der Waals surface area contributed by atoms with Crippen molar-refractivity contribution in [3.8, 4) is 0 Å². The van der Waals surface area contributed by atoms with Gasteiger partial charge in [0.1, 0.15) is 12.6 Å². The number of piperidine rings is 1. The second-order valence-corrected chi connectivity index (χ2v) is 9.47. The van der Waals surface area contributed by atoms with Crippen molar-refractivity contribution in [2.24, 2.45) is 10.9 Å². The van der Waals surface area contributed by atoms with E-state index < -0.39 is 18.1 Å². The summed E-state index contributed by atoms with van der Waals surface area (Å²) >= 11 is 0. The molecule has 11 heteroatoms. The van der Waals surface area contributed by atoms with Crippen molar-refractivity contribution in [3.63, 3.8) is 0 Å². The Kier molecular flexibility index (Phi) is 9.98. The normalized spacial score (nSPS) is 16.2. The summed E-state index contributed by atoms with van der Waals surface area (Å²) in [7, 11) is 1.23. The van der Waals surface area contributed by atoms with E-state index in [-0.39, 0.29) is 25.0 Å². The second-order valence-electron chi connectivity index (χ2n) is 9.47. The molecule has 4 N–H and O–H groups in total. The zero-order chi connectivity index (χ0) is 27.5. The number of anilines is 2. The third-order valence-electron chi connectivity index (χ3n) is 6.71. The molecule has 1 atom stereocenters. The van der Waals surface area contributed by atoms with E-state index in [1.165, 1.54) is 7.11 Å². The first kappa shape index (κ1) is 27.7. The summed E-state index contributed by atoms with van der Waals surface area (Å²) in [5, 5.41) is 11.9. The van der Waals surface area contributed by atoms with E-state index >= 15 is 0 Å². The maximum absolute atomic E-state index is 12.9. The number of nitrogens with zero attached hydrogens (tertiary/aromatic N) is 2. The molecule has 0 aromatic heterocycles. The standard InChI is InChI=1S/C28H36N6O5/c1-38-26(36)24(33-28(37)39-19-20-7-3-2-4-8-20)18-31-25(35)21-11-15-34(16-12-21)23-10-5-9-22(17-23)32-27-29-13-6-14-30-27/h2-5,7-10,17,21,24H,6,11-16,18-19H2,1H3,(H,31,35)(H,33,37)(H2,29,30,32)/t24-/m0/s1. The van der Waals surface area contributed by atoms with Gasteiger partial charge in [0.05, 0.1) is 7.11 Å². The van der Waals surface area contributed by atoms with Gasteiger partial charge in [0.2, 0.25) is 5.91 Å². The highest BCUT2D eigenvalue weighted by atomic mass is 16.6. The Hall–Kier alpha value is -4.28. The number of aliphatic imine (C=N–C) groups is 1. The summed E-state index contributed by atoms with van der Waals surface area (Å²) in [6, 6.07) is 16.3. The van der Waals surface area contributed by atoms with Gasteiger partial charge in [0.25, 0.3) is 0 Å². The third-order valence-corrected chi connectivity index (χ3v) is 6.71. The lowest BCUT2D eigenvalue weighted by Crippen LogP contribution is -2.50. The predicted molar refractivity (Wildman–Crippen MR) is 148 cm³/mol. The maximum atomic E-state index is 12.9. The van der Waals surface area contributed by atoms with Gasteiger partial charge in [-0.1, -0.05) is 36.4 Å². The molecule has 2 aliphatic rings. The second kappa shape index (κ2) is 14.0. The van der Waals surface area contributed by atoms with Crippen LogP contribution in [0.2, 0.25) is 0 Å². The molecule has 2 heterocycles. The van der Waals surface area contributed by atoms with Crippen LogP contribution < -0.4 is 26.2 Å². The Bertz CT molecular complexity index is 1150. The van der Waals surface area contributed by atoms with Crippen LogP contribution in [0.4, 0.5) is 16.2 Å². The van der Waals surface area contributed by atoms with Crippen LogP contribution in [0.25, 0.3) is 0 Å². The molecule has 1 saturated heterocycles. The van der Waals surface area contributed by atoms with Crippen molar-refractivity contribution in [2.75, 3.05) is 50.1 Å². The van der Waals surface area contributed by atoms with Gasteiger partial charge in [-0.15, -0.1) is 0 Å². The van der Waals surface area contributed by atoms with Crippen molar-refractivity contribution < 1.29 is 23.9 Å². The molecule has 2 aromatic carbocycles. The fourth-order valence-corrected chi connectivity index (χ4v) is 4.52. The number of methoxy groups -OCH3 is 1. The Labute approximate surface area is 228 Å². The molecule has 1 fully saturated rings. The molecule has 2 aromatic rings. The quantitative estimate of drug-likeness (QED) is 0.359. The predicted octanol–water partition coefficient (Wildman–Crippen LogP) is 2.25. The number of ether oxygens (including phenoxy) is 2. The maximum Gasteiger partial charge on any atom is 0.408 e. The number of carbonyl (C=O) groups is 3. The van der Waals surface area contributed by atoms with Crippen LogP contribution in [-0.2, 0) is 25.7 Å². The minimum atomic E-state index is -1.05. The van der Waals surface area contributed by atoms with E-state index in [9.17, 15) is 14.4 Å². The number of guanidine groups is 1. The summed E-state index contributed by atoms with van der Waals surface area (Å²) in [5.41, 5.74) is 2.86. The van der Waals surface area contributed by atoms with E-state index in [4.69, 9.17) is 9.47 Å². The van der Waals surface area contributed by atoms with Crippen LogP contribution in [-0.4, -0.2) is 69.8 Å². The van der Waals surface area contributed by atoms with E-state index in [0.29, 0.717) is 12.8 Å². The van der Waals surface area contributed by atoms with Crippen molar-refractivity contribution in [2.45, 2.75) is 31.9 Å². The molecule has 208 valence electrons. The SMILES string of the molecule is COC(=O)[C@H](CNC(=O)C1CCN(c2cccc(NC3=NCCCN3)c2)CC1)NC(=O)OCc1ccccc1. The summed E-state index contributed by atoms with van der Waals surface area (Å²) < 4.78 is 9.98. The summed E-state index contributed by atoms with van der Waals surface area (Å²) in [4.78, 5) is 44.0. The van der Waals surface area contributed by atoms with Crippen LogP contribution in [0.3, 0.4) is 0 Å². The number of esters is 1. The van der Waals surface area contributed by atoms with Crippen molar-refractivity contribution in [1.29, 1.82) is 0 Å². The first-order valence-corrected chi connectivity index (χ1v) is 13.2. The van der Waals surface area contributed by atoms with Crippen LogP contribution in [0.5, 0.6) is 0 Å². The number of carbonyl (C=O) groups excluding carboxylic acids is 3. The lowest BCUT2D eigenvalue weighted by molar-refractivity contribution is -0.143. The minimum Gasteiger partial charge on any atom is -0.467 e. The largest absolute Gasteiger partial charge is 0.467 e. The summed E-state index contributed by atoms with van der Waals surface area (Å²) in [5.74, 6) is -0.214. The zero-order valence-electron chi connectivity index (χ0n) is 22.2. The van der Waals surface area contributed by atoms with Crippen LogP contribution in [0.1, 0.15) is 24.8 Å². The average molecular weight is 537 g/mol. The molecule has 0 saturated carbocycles. The van der Waals surface area contributed by atoms with Gasteiger partial charge in [0.15, 0.2) is 5.96 Å². The fraction of sp³-hybridized carbons (Fsp3) is 0.429. The number of nitrogens with one attached hydrogen (secondary N) is 4. The van der Waals surface area contributed by atoms with Gasteiger partial charge in [-0.25, -0.2) is 9.59 Å². The molecule has 39 heavy (non-hydrogen) atoms. The van der Waals surface area contributed by atoms with Crippen molar-refractivity contribution in [1.82, 2.24) is 16.0 Å². The van der Waals surface area contributed by atoms with Crippen LogP contribution in [0.15, 0.2) is 59.6 Å². The van der Waals surface area contributed by atoms with Gasteiger partial charge >= 0.3 is 12.1 Å². The van der Waals surface area contributed by atoms with Gasteiger partial charge in [0, 0.05) is 50.0 Å². The first-order chi connectivity index (χ1) is 19.0. The van der Waals surface area contributed by atoms with Gasteiger partial charge in [-0.05, 0) is 43.0 Å². The zero-order valence-corrected chi connectivity index (χ0v) is 22.2. The lowest BCUT2D eigenvalue weighted by Gasteiger charge is -2.33. The van der Waals surface area contributed by atoms with Gasteiger partial charge < -0.3 is 35.6 Å². The Morgan fingerprint density at radius 1 is 1.10 bits per heavy atom. The number of benzene rings is 2. The molecule has 11 nitrogen and oxygen atoms in total. The number of alkyl carbamates (subject to hydrolysis) is 1. The molecule has 0 radical (unpaired) electrons. The van der Waals surface area contributed by atoms with E-state index in [0.717, 1.165) is 55.5 Å². The number of amides is 2. The molecular weight excluding hydrogens is 500 g/mol. The number of hydrogen-bond donors (Lipinski definition) is 4. The highest BCUT2D eigenvalue weighted by Crippen LogP contribution is 2.25. The van der Waals surface area contributed by atoms with Gasteiger partial charge in [-0.3, -0.25) is 9.79 Å². The van der Waals surface area contributed by atoms with Gasteiger partial charge in [-0.2, -0.15) is 0 Å². The smallest absolute Gasteiger partial charge is 0.408 e. The topological polar surface area (TPSA) is 133 Å². The number of hydrogen-bond acceptors (Lipinski definition) is 9. The van der Waals surface area contributed by atoms with Crippen LogP contribution >= 0.6 is 0 Å². The molecule has 2 aliphatic heterocycles. The summed E-state index contributed by atoms with van der Waals surface area (Å²) in [6.07, 6.45) is 1.62. The summed E-state index contributed by atoms with van der Waals surface area (Å²) in [6.45, 7) is 3.17. The first-order valence-electron chi connectivity index (χ1n) is 13.2. The highest BCUT2D eigenvalue weighted by molar-refractivity contribution is 5.94. The highest BCUT2D eigenvalue weighted by Gasteiger charge is 2.28. The molecule has 0 unspecified atom stereocenters. The average Bonchev–Trinajstić information content (AvgIpc) is 2.99. The molecular formula is C28H36N6O5. The van der Waals surface area contributed by atoms with E-state index in [1.54, 1.807) is 0 Å². The minimum absolute atomic E-state index is 0.0656. The molecule has 0 spiro atoms. The molecule has 4 rings (SSSR count). The van der Waals surface area contributed by atoms with E-state index in [2.05, 4.69) is 43.3 Å². The van der Waals surface area contributed by atoms with Crippen LogP contribution in [0, 0.1) is 5.92 Å². The Balaban J connectivity index is 1.23. The number of rotatable bonds is 9. The molecule has 2 amide bonds. The lowest BCUT2D eigenvalue weighted by atomic mass is 9.95. The Morgan fingerprint density at radius 3 is 2.62 bits per heavy atom. The van der Waals surface area contributed by atoms with Crippen molar-refractivity contribution >= 4 is 35.3 Å². The van der Waals surface area contributed by atoms with Crippen molar-refractivity contribution in [3.05, 3.63) is 60.2 Å². The fourth-order valence-electron chi connectivity index (χ4n) is 4.52.